The molecule has 1 aromatic carbocycles. The van der Waals surface area contributed by atoms with Gasteiger partial charge < -0.3 is 15.1 Å². The molecular formula is C16H16F3N3O2. The number of carbonyl (C=O) groups excluding carboxylic acids is 1. The normalized spacial score (nSPS) is 14.5. The van der Waals surface area contributed by atoms with E-state index in [1.165, 1.54) is 11.2 Å². The number of urea groups is 1. The van der Waals surface area contributed by atoms with Gasteiger partial charge in [0.1, 0.15) is 5.76 Å². The molecule has 2 N–H and O–H groups in total. The van der Waals surface area contributed by atoms with Crippen LogP contribution in [0.5, 0.6) is 0 Å². The van der Waals surface area contributed by atoms with Crippen molar-refractivity contribution >= 4 is 11.7 Å². The molecule has 8 heteroatoms. The average molecular weight is 339 g/mol. The molecule has 0 radical (unpaired) electrons. The van der Waals surface area contributed by atoms with Gasteiger partial charge in [0.15, 0.2) is 0 Å². The maximum Gasteiger partial charge on any atom is 0.401 e. The van der Waals surface area contributed by atoms with Crippen molar-refractivity contribution in [1.29, 1.82) is 0 Å². The standard InChI is InChI=1S/C16H16F3N3O2/c17-16(18,19)10-22-8-11-3-1-5-14(13(11)9-22)21-15(23)20-7-12-4-2-6-24-12/h1-6H,7-10H2,(H2,20,21,23). The fraction of sp³-hybridized carbons (Fsp3) is 0.312. The molecule has 2 heterocycles. The van der Waals surface area contributed by atoms with Gasteiger partial charge in [0.25, 0.3) is 0 Å². The van der Waals surface area contributed by atoms with Crippen molar-refractivity contribution in [2.75, 3.05) is 11.9 Å². The molecule has 24 heavy (non-hydrogen) atoms. The Kier molecular flexibility index (Phi) is 4.48. The summed E-state index contributed by atoms with van der Waals surface area (Å²) < 4.78 is 42.8. The summed E-state index contributed by atoms with van der Waals surface area (Å²) in [5, 5.41) is 5.33. The zero-order chi connectivity index (χ0) is 17.2. The van der Waals surface area contributed by atoms with Gasteiger partial charge in [-0.15, -0.1) is 0 Å². The predicted molar refractivity (Wildman–Crippen MR) is 81.2 cm³/mol. The molecule has 0 fully saturated rings. The molecule has 1 aromatic heterocycles. The van der Waals surface area contributed by atoms with E-state index in [4.69, 9.17) is 4.42 Å². The number of amides is 2. The van der Waals surface area contributed by atoms with E-state index in [0.717, 1.165) is 11.1 Å². The number of rotatable bonds is 4. The number of nitrogens with one attached hydrogen (secondary N) is 2. The van der Waals surface area contributed by atoms with Crippen molar-refractivity contribution in [3.05, 3.63) is 53.5 Å². The van der Waals surface area contributed by atoms with Crippen LogP contribution in [0, 0.1) is 0 Å². The van der Waals surface area contributed by atoms with Crippen molar-refractivity contribution in [1.82, 2.24) is 10.2 Å². The summed E-state index contributed by atoms with van der Waals surface area (Å²) in [6.07, 6.45) is -2.73. The van der Waals surface area contributed by atoms with E-state index < -0.39 is 18.8 Å². The molecule has 0 saturated heterocycles. The number of fused-ring (bicyclic) bond motifs is 1. The summed E-state index contributed by atoms with van der Waals surface area (Å²) in [7, 11) is 0. The average Bonchev–Trinajstić information content (AvgIpc) is 3.12. The van der Waals surface area contributed by atoms with E-state index in [0.29, 0.717) is 11.4 Å². The molecule has 0 atom stereocenters. The fourth-order valence-electron chi connectivity index (χ4n) is 2.72. The van der Waals surface area contributed by atoms with Crippen LogP contribution in [0.3, 0.4) is 0 Å². The van der Waals surface area contributed by atoms with E-state index in [9.17, 15) is 18.0 Å². The Balaban J connectivity index is 1.62. The second-order valence-corrected chi connectivity index (χ2v) is 5.59. The Labute approximate surface area is 136 Å². The van der Waals surface area contributed by atoms with Crippen LogP contribution < -0.4 is 10.6 Å². The summed E-state index contributed by atoms with van der Waals surface area (Å²) in [6.45, 7) is -0.359. The van der Waals surface area contributed by atoms with Crippen molar-refractivity contribution < 1.29 is 22.4 Å². The van der Waals surface area contributed by atoms with Gasteiger partial charge in [0.05, 0.1) is 19.4 Å². The third kappa shape index (κ3) is 4.08. The van der Waals surface area contributed by atoms with E-state index in [2.05, 4.69) is 10.6 Å². The lowest BCUT2D eigenvalue weighted by atomic mass is 10.1. The molecule has 0 unspecified atom stereocenters. The molecule has 1 aliphatic heterocycles. The molecule has 3 rings (SSSR count). The molecule has 0 aliphatic carbocycles. The number of nitrogens with zero attached hydrogens (tertiary/aromatic N) is 1. The van der Waals surface area contributed by atoms with Crippen LogP contribution in [0.2, 0.25) is 0 Å². The molecule has 0 saturated carbocycles. The second-order valence-electron chi connectivity index (χ2n) is 5.59. The first-order valence-electron chi connectivity index (χ1n) is 7.38. The van der Waals surface area contributed by atoms with Crippen LogP contribution >= 0.6 is 0 Å². The first kappa shape index (κ1) is 16.4. The van der Waals surface area contributed by atoms with Crippen LogP contribution in [0.15, 0.2) is 41.0 Å². The third-order valence-electron chi connectivity index (χ3n) is 3.70. The Hall–Kier alpha value is -2.48. The highest BCUT2D eigenvalue weighted by atomic mass is 19.4. The number of anilines is 1. The van der Waals surface area contributed by atoms with Gasteiger partial charge in [0.2, 0.25) is 0 Å². The maximum atomic E-state index is 12.5. The van der Waals surface area contributed by atoms with Crippen LogP contribution in [0.4, 0.5) is 23.7 Å². The van der Waals surface area contributed by atoms with Crippen LogP contribution in [0.25, 0.3) is 0 Å². The highest BCUT2D eigenvalue weighted by Crippen LogP contribution is 2.31. The van der Waals surface area contributed by atoms with Crippen molar-refractivity contribution in [3.8, 4) is 0 Å². The van der Waals surface area contributed by atoms with E-state index in [1.54, 1.807) is 30.3 Å². The zero-order valence-electron chi connectivity index (χ0n) is 12.7. The minimum absolute atomic E-state index is 0.156. The lowest BCUT2D eigenvalue weighted by Crippen LogP contribution is -2.30. The van der Waals surface area contributed by atoms with E-state index in [-0.39, 0.29) is 19.6 Å². The van der Waals surface area contributed by atoms with Crippen molar-refractivity contribution in [2.45, 2.75) is 25.8 Å². The van der Waals surface area contributed by atoms with Gasteiger partial charge in [-0.25, -0.2) is 4.79 Å². The summed E-state index contributed by atoms with van der Waals surface area (Å²) in [4.78, 5) is 13.3. The van der Waals surface area contributed by atoms with Gasteiger partial charge in [-0.1, -0.05) is 12.1 Å². The highest BCUT2D eigenvalue weighted by Gasteiger charge is 2.34. The monoisotopic (exact) mass is 339 g/mol. The molecule has 2 aromatic rings. The summed E-state index contributed by atoms with van der Waals surface area (Å²) in [5.74, 6) is 0.611. The van der Waals surface area contributed by atoms with Gasteiger partial charge in [-0.05, 0) is 29.3 Å². The maximum absolute atomic E-state index is 12.5. The van der Waals surface area contributed by atoms with Gasteiger partial charge >= 0.3 is 12.2 Å². The smallest absolute Gasteiger partial charge is 0.401 e. The Morgan fingerprint density at radius 2 is 2.04 bits per heavy atom. The summed E-state index contributed by atoms with van der Waals surface area (Å²) >= 11 is 0. The van der Waals surface area contributed by atoms with E-state index >= 15 is 0 Å². The highest BCUT2D eigenvalue weighted by molar-refractivity contribution is 5.90. The van der Waals surface area contributed by atoms with Crippen LogP contribution in [-0.4, -0.2) is 23.7 Å². The van der Waals surface area contributed by atoms with E-state index in [1.807, 2.05) is 0 Å². The minimum atomic E-state index is -4.24. The van der Waals surface area contributed by atoms with Gasteiger partial charge in [-0.2, -0.15) is 13.2 Å². The molecule has 0 spiro atoms. The van der Waals surface area contributed by atoms with Crippen molar-refractivity contribution in [2.24, 2.45) is 0 Å². The van der Waals surface area contributed by atoms with Crippen LogP contribution in [-0.2, 0) is 19.6 Å². The van der Waals surface area contributed by atoms with Gasteiger partial charge in [-0.3, -0.25) is 4.90 Å². The Bertz CT molecular complexity index is 714. The topological polar surface area (TPSA) is 57.5 Å². The summed E-state index contributed by atoms with van der Waals surface area (Å²) in [6, 6.07) is 8.19. The quantitative estimate of drug-likeness (QED) is 0.897. The lowest BCUT2D eigenvalue weighted by molar-refractivity contribution is -0.146. The molecule has 0 bridgehead atoms. The summed E-state index contributed by atoms with van der Waals surface area (Å²) in [5.41, 5.74) is 2.03. The van der Waals surface area contributed by atoms with Crippen LogP contribution in [0.1, 0.15) is 16.9 Å². The molecular weight excluding hydrogens is 323 g/mol. The Morgan fingerprint density at radius 1 is 1.21 bits per heavy atom. The van der Waals surface area contributed by atoms with Crippen molar-refractivity contribution in [3.63, 3.8) is 0 Å². The van der Waals surface area contributed by atoms with Gasteiger partial charge in [0, 0.05) is 18.8 Å². The largest absolute Gasteiger partial charge is 0.467 e. The fourth-order valence-corrected chi connectivity index (χ4v) is 2.72. The number of hydrogen-bond acceptors (Lipinski definition) is 3. The third-order valence-corrected chi connectivity index (χ3v) is 3.70. The predicted octanol–water partition coefficient (Wildman–Crippen LogP) is 3.48. The lowest BCUT2D eigenvalue weighted by Gasteiger charge is -2.17. The number of alkyl halides is 3. The molecule has 5 nitrogen and oxygen atoms in total. The number of hydrogen-bond donors (Lipinski definition) is 2. The molecule has 128 valence electrons. The number of carbonyl (C=O) groups is 1. The SMILES string of the molecule is O=C(NCc1ccco1)Nc1cccc2c1CN(CC(F)(F)F)C2. The first-order chi connectivity index (χ1) is 11.4. The zero-order valence-corrected chi connectivity index (χ0v) is 12.7. The second kappa shape index (κ2) is 6.56. The number of furan rings is 1. The number of benzene rings is 1. The minimum Gasteiger partial charge on any atom is -0.467 e. The Morgan fingerprint density at radius 3 is 2.75 bits per heavy atom. The first-order valence-corrected chi connectivity index (χ1v) is 7.38. The number of halogens is 3. The molecule has 2 amide bonds. The molecule has 1 aliphatic rings.